The molecule has 0 radical (unpaired) electrons. The van der Waals surface area contributed by atoms with E-state index < -0.39 is 0 Å². The fraction of sp³-hybridized carbons (Fsp3) is 0.103. The topological polar surface area (TPSA) is 64.5 Å². The second-order valence-corrected chi connectivity index (χ2v) is 8.57. The van der Waals surface area contributed by atoms with Gasteiger partial charge in [0, 0.05) is 37.0 Å². The Morgan fingerprint density at radius 3 is 1.77 bits per heavy atom. The highest BCUT2D eigenvalue weighted by molar-refractivity contribution is 5.81. The summed E-state index contributed by atoms with van der Waals surface area (Å²) in [7, 11) is 5.66. The van der Waals surface area contributed by atoms with E-state index in [1.807, 2.05) is 74.8 Å². The number of methoxy groups -OCH3 is 1. The molecule has 6 nitrogen and oxygen atoms in total. The summed E-state index contributed by atoms with van der Waals surface area (Å²) in [6.07, 6.45) is 0. The summed E-state index contributed by atoms with van der Waals surface area (Å²) in [5.74, 6) is 1.95. The van der Waals surface area contributed by atoms with Gasteiger partial charge in [-0.2, -0.15) is 0 Å². The van der Waals surface area contributed by atoms with Crippen molar-refractivity contribution in [3.63, 3.8) is 0 Å². The monoisotopic (exact) mass is 461 g/mol. The summed E-state index contributed by atoms with van der Waals surface area (Å²) in [6, 6.07) is 28.1. The normalized spacial score (nSPS) is 11.3. The van der Waals surface area contributed by atoms with E-state index in [-0.39, 0.29) is 0 Å². The van der Waals surface area contributed by atoms with Crippen LogP contribution in [0.5, 0.6) is 5.75 Å². The van der Waals surface area contributed by atoms with Crippen molar-refractivity contribution in [3.8, 4) is 39.8 Å². The summed E-state index contributed by atoms with van der Waals surface area (Å²) >= 11 is 0. The maximum Gasteiger partial charge on any atom is 0.227 e. The van der Waals surface area contributed by atoms with Crippen molar-refractivity contribution in [1.29, 1.82) is 0 Å². The molecule has 0 spiro atoms. The van der Waals surface area contributed by atoms with Crippen LogP contribution in [0.4, 0.5) is 5.69 Å². The van der Waals surface area contributed by atoms with Gasteiger partial charge in [0.05, 0.1) is 7.11 Å². The zero-order valence-electron chi connectivity index (χ0n) is 19.6. The number of oxazole rings is 2. The van der Waals surface area contributed by atoms with E-state index in [1.54, 1.807) is 7.11 Å². The van der Waals surface area contributed by atoms with Crippen LogP contribution in [0.3, 0.4) is 0 Å². The Kier molecular flexibility index (Phi) is 4.99. The van der Waals surface area contributed by atoms with E-state index in [4.69, 9.17) is 13.6 Å². The largest absolute Gasteiger partial charge is 0.497 e. The Morgan fingerprint density at radius 1 is 0.600 bits per heavy atom. The lowest BCUT2D eigenvalue weighted by atomic mass is 10.0. The molecule has 0 aliphatic heterocycles. The molecule has 0 fully saturated rings. The van der Waals surface area contributed by atoms with Gasteiger partial charge >= 0.3 is 0 Å². The predicted molar refractivity (Wildman–Crippen MR) is 139 cm³/mol. The highest BCUT2D eigenvalue weighted by atomic mass is 16.5. The first kappa shape index (κ1) is 21.0. The van der Waals surface area contributed by atoms with Gasteiger partial charge in [-0.25, -0.2) is 9.97 Å². The Labute approximate surface area is 202 Å². The van der Waals surface area contributed by atoms with Gasteiger partial charge in [-0.15, -0.1) is 0 Å². The van der Waals surface area contributed by atoms with Gasteiger partial charge in [-0.05, 0) is 65.7 Å². The standard InChI is InChI=1S/C29H23N3O3/c1-32(2)22-12-15-26-25(16-22)31-29(34-26)21-10-6-19(7-11-21)18-4-8-20(9-5-18)28-30-24-14-13-23(33-3)17-27(24)35-28/h4-17H,1-3H3. The molecule has 2 aromatic heterocycles. The third kappa shape index (κ3) is 3.89. The summed E-state index contributed by atoms with van der Waals surface area (Å²) in [5, 5.41) is 0. The average molecular weight is 462 g/mol. The summed E-state index contributed by atoms with van der Waals surface area (Å²) in [6.45, 7) is 0. The minimum atomic E-state index is 0.587. The number of hydrogen-bond acceptors (Lipinski definition) is 6. The van der Waals surface area contributed by atoms with Crippen LogP contribution in [0.1, 0.15) is 0 Å². The van der Waals surface area contributed by atoms with Crippen molar-refractivity contribution in [2.24, 2.45) is 0 Å². The van der Waals surface area contributed by atoms with Gasteiger partial charge in [0.2, 0.25) is 11.8 Å². The highest BCUT2D eigenvalue weighted by Crippen LogP contribution is 2.31. The first-order chi connectivity index (χ1) is 17.1. The average Bonchev–Trinajstić information content (AvgIpc) is 3.52. The lowest BCUT2D eigenvalue weighted by molar-refractivity contribution is 0.414. The molecule has 6 aromatic rings. The summed E-state index contributed by atoms with van der Waals surface area (Å²) in [5.41, 5.74) is 8.30. The minimum absolute atomic E-state index is 0.587. The van der Waals surface area contributed by atoms with Gasteiger partial charge in [0.25, 0.3) is 0 Å². The minimum Gasteiger partial charge on any atom is -0.497 e. The van der Waals surface area contributed by atoms with Gasteiger partial charge in [-0.1, -0.05) is 24.3 Å². The lowest BCUT2D eigenvalue weighted by Gasteiger charge is -2.10. The third-order valence-electron chi connectivity index (χ3n) is 6.08. The maximum atomic E-state index is 5.98. The van der Waals surface area contributed by atoms with E-state index in [0.29, 0.717) is 17.4 Å². The number of rotatable bonds is 5. The molecular weight excluding hydrogens is 438 g/mol. The van der Waals surface area contributed by atoms with Crippen molar-refractivity contribution in [2.45, 2.75) is 0 Å². The number of fused-ring (bicyclic) bond motifs is 2. The molecule has 6 rings (SSSR count). The van der Waals surface area contributed by atoms with Crippen molar-refractivity contribution in [3.05, 3.63) is 84.9 Å². The molecule has 2 heterocycles. The van der Waals surface area contributed by atoms with Crippen LogP contribution in [0.15, 0.2) is 93.8 Å². The van der Waals surface area contributed by atoms with Crippen LogP contribution < -0.4 is 9.64 Å². The number of benzene rings is 4. The molecule has 6 heteroatoms. The fourth-order valence-electron chi connectivity index (χ4n) is 4.08. The highest BCUT2D eigenvalue weighted by Gasteiger charge is 2.12. The molecule has 35 heavy (non-hydrogen) atoms. The van der Waals surface area contributed by atoms with Gasteiger partial charge in [0.15, 0.2) is 11.2 Å². The zero-order chi connectivity index (χ0) is 23.9. The molecule has 0 aliphatic carbocycles. The smallest absolute Gasteiger partial charge is 0.227 e. The molecule has 0 atom stereocenters. The third-order valence-corrected chi connectivity index (χ3v) is 6.08. The first-order valence-electron chi connectivity index (χ1n) is 11.3. The van der Waals surface area contributed by atoms with Crippen molar-refractivity contribution >= 4 is 27.9 Å². The van der Waals surface area contributed by atoms with Crippen LogP contribution >= 0.6 is 0 Å². The van der Waals surface area contributed by atoms with E-state index in [9.17, 15) is 0 Å². The SMILES string of the molecule is COc1ccc2nc(-c3ccc(-c4ccc(-c5nc6cc(N(C)C)ccc6o5)cc4)cc3)oc2c1. The Morgan fingerprint density at radius 2 is 1.17 bits per heavy atom. The second-order valence-electron chi connectivity index (χ2n) is 8.57. The molecule has 0 saturated heterocycles. The molecule has 4 aromatic carbocycles. The number of aromatic nitrogens is 2. The van der Waals surface area contributed by atoms with Crippen LogP contribution in [-0.2, 0) is 0 Å². The van der Waals surface area contributed by atoms with Gasteiger partial charge in [-0.3, -0.25) is 0 Å². The Bertz CT molecular complexity index is 1650. The first-order valence-corrected chi connectivity index (χ1v) is 11.3. The van der Waals surface area contributed by atoms with E-state index in [2.05, 4.69) is 39.1 Å². The molecule has 0 unspecified atom stereocenters. The predicted octanol–water partition coefficient (Wildman–Crippen LogP) is 7.04. The van der Waals surface area contributed by atoms with Crippen LogP contribution in [-0.4, -0.2) is 31.2 Å². The lowest BCUT2D eigenvalue weighted by Crippen LogP contribution is -2.07. The molecule has 0 saturated carbocycles. The van der Waals surface area contributed by atoms with E-state index in [1.165, 1.54) is 0 Å². The number of nitrogens with zero attached hydrogens (tertiary/aromatic N) is 3. The Balaban J connectivity index is 1.24. The number of anilines is 1. The van der Waals surface area contributed by atoms with E-state index in [0.717, 1.165) is 50.3 Å². The molecular formula is C29H23N3O3. The maximum absolute atomic E-state index is 5.98. The van der Waals surface area contributed by atoms with Crippen LogP contribution in [0.25, 0.3) is 56.2 Å². The molecule has 0 amide bonds. The van der Waals surface area contributed by atoms with Crippen LogP contribution in [0, 0.1) is 0 Å². The summed E-state index contributed by atoms with van der Waals surface area (Å²) < 4.78 is 17.2. The summed E-state index contributed by atoms with van der Waals surface area (Å²) in [4.78, 5) is 11.3. The van der Waals surface area contributed by atoms with Crippen molar-refractivity contribution < 1.29 is 13.6 Å². The molecule has 0 bridgehead atoms. The zero-order valence-corrected chi connectivity index (χ0v) is 19.6. The quantitative estimate of drug-likeness (QED) is 0.274. The van der Waals surface area contributed by atoms with Crippen molar-refractivity contribution in [2.75, 3.05) is 26.1 Å². The van der Waals surface area contributed by atoms with Gasteiger partial charge < -0.3 is 18.5 Å². The number of hydrogen-bond donors (Lipinski definition) is 0. The molecule has 172 valence electrons. The van der Waals surface area contributed by atoms with Crippen LogP contribution in [0.2, 0.25) is 0 Å². The van der Waals surface area contributed by atoms with E-state index >= 15 is 0 Å². The fourth-order valence-corrected chi connectivity index (χ4v) is 4.08. The second kappa shape index (κ2) is 8.33. The molecule has 0 aliphatic rings. The molecule has 0 N–H and O–H groups in total. The van der Waals surface area contributed by atoms with Gasteiger partial charge in [0.1, 0.15) is 16.8 Å². The number of ether oxygens (including phenoxy) is 1. The Hall–Kier alpha value is -4.58. The van der Waals surface area contributed by atoms with Crippen molar-refractivity contribution in [1.82, 2.24) is 9.97 Å².